The lowest BCUT2D eigenvalue weighted by molar-refractivity contribution is -0.142. The van der Waals surface area contributed by atoms with Crippen molar-refractivity contribution in [3.63, 3.8) is 0 Å². The number of benzene rings is 1. The fraction of sp³-hybridized carbons (Fsp3) is 0.600. The van der Waals surface area contributed by atoms with Crippen molar-refractivity contribution in [2.75, 3.05) is 7.11 Å². The predicted molar refractivity (Wildman–Crippen MR) is 100 cm³/mol. The Morgan fingerprint density at radius 2 is 2.08 bits per heavy atom. The van der Waals surface area contributed by atoms with E-state index in [1.165, 1.54) is 0 Å². The lowest BCUT2D eigenvalue weighted by Gasteiger charge is -2.23. The van der Waals surface area contributed by atoms with Crippen molar-refractivity contribution in [1.29, 1.82) is 0 Å². The Kier molecular flexibility index (Phi) is 7.91. The van der Waals surface area contributed by atoms with Crippen LogP contribution in [0.2, 0.25) is 0 Å². The van der Waals surface area contributed by atoms with E-state index in [0.717, 1.165) is 43.4 Å². The van der Waals surface area contributed by atoms with Gasteiger partial charge in [0.05, 0.1) is 19.1 Å². The number of para-hydroxylation sites is 1. The summed E-state index contributed by atoms with van der Waals surface area (Å²) in [4.78, 5) is 24.1. The van der Waals surface area contributed by atoms with Crippen molar-refractivity contribution in [2.24, 2.45) is 5.92 Å². The normalized spacial score (nSPS) is 20.5. The van der Waals surface area contributed by atoms with Gasteiger partial charge in [-0.25, -0.2) is 0 Å². The Hall–Kier alpha value is -2.08. The number of carbonyl (C=O) groups excluding carboxylic acids is 1. The molecule has 3 N–H and O–H groups in total. The first-order valence-corrected chi connectivity index (χ1v) is 9.45. The van der Waals surface area contributed by atoms with E-state index in [1.807, 2.05) is 24.3 Å². The number of hydrogen-bond donors (Lipinski definition) is 3. The van der Waals surface area contributed by atoms with Crippen LogP contribution in [0.1, 0.15) is 51.0 Å². The maximum atomic E-state index is 12.8. The average molecular weight is 362 g/mol. The van der Waals surface area contributed by atoms with E-state index < -0.39 is 11.9 Å². The molecular formula is C20H30N2O4. The first-order valence-electron chi connectivity index (χ1n) is 9.45. The number of carboxylic acid groups (broad SMARTS) is 1. The molecule has 1 saturated carbocycles. The monoisotopic (exact) mass is 362 g/mol. The van der Waals surface area contributed by atoms with Crippen LogP contribution in [-0.4, -0.2) is 36.2 Å². The molecule has 6 nitrogen and oxygen atoms in total. The second kappa shape index (κ2) is 10.2. The van der Waals surface area contributed by atoms with E-state index in [9.17, 15) is 14.7 Å². The molecule has 6 heteroatoms. The Balaban J connectivity index is 1.99. The van der Waals surface area contributed by atoms with Gasteiger partial charge in [-0.05, 0) is 25.3 Å². The highest BCUT2D eigenvalue weighted by molar-refractivity contribution is 5.83. The van der Waals surface area contributed by atoms with Crippen molar-refractivity contribution in [3.8, 4) is 5.75 Å². The fourth-order valence-electron chi connectivity index (χ4n) is 3.53. The predicted octanol–water partition coefficient (Wildman–Crippen LogP) is 2.71. The van der Waals surface area contributed by atoms with Crippen LogP contribution in [0.15, 0.2) is 24.3 Å². The molecule has 26 heavy (non-hydrogen) atoms. The summed E-state index contributed by atoms with van der Waals surface area (Å²) in [5.74, 6) is -0.609. The van der Waals surface area contributed by atoms with Crippen molar-refractivity contribution >= 4 is 11.9 Å². The van der Waals surface area contributed by atoms with Gasteiger partial charge in [0.1, 0.15) is 5.75 Å². The first-order chi connectivity index (χ1) is 12.6. The zero-order chi connectivity index (χ0) is 18.9. The third kappa shape index (κ3) is 5.46. The second-order valence-electron chi connectivity index (χ2n) is 6.88. The number of hydrogen-bond acceptors (Lipinski definition) is 4. The highest BCUT2D eigenvalue weighted by atomic mass is 16.5. The molecule has 0 saturated heterocycles. The van der Waals surface area contributed by atoms with Crippen LogP contribution in [0.25, 0.3) is 0 Å². The highest BCUT2D eigenvalue weighted by Crippen LogP contribution is 2.26. The fourth-order valence-corrected chi connectivity index (χ4v) is 3.53. The lowest BCUT2D eigenvalue weighted by atomic mass is 10.0. The highest BCUT2D eigenvalue weighted by Gasteiger charge is 2.35. The van der Waals surface area contributed by atoms with Gasteiger partial charge in [0.2, 0.25) is 5.91 Å². The van der Waals surface area contributed by atoms with Crippen LogP contribution in [0.5, 0.6) is 5.75 Å². The number of unbranched alkanes of at least 4 members (excludes halogenated alkanes) is 1. The van der Waals surface area contributed by atoms with E-state index in [-0.39, 0.29) is 18.0 Å². The second-order valence-corrected chi connectivity index (χ2v) is 6.88. The molecule has 0 heterocycles. The number of aliphatic carboxylic acids is 1. The van der Waals surface area contributed by atoms with Crippen LogP contribution >= 0.6 is 0 Å². The lowest BCUT2D eigenvalue weighted by Crippen LogP contribution is -2.49. The molecule has 144 valence electrons. The molecule has 0 unspecified atom stereocenters. The molecule has 1 aliphatic carbocycles. The Labute approximate surface area is 155 Å². The summed E-state index contributed by atoms with van der Waals surface area (Å²) in [5, 5.41) is 15.6. The Bertz CT molecular complexity index is 605. The molecule has 1 fully saturated rings. The van der Waals surface area contributed by atoms with Crippen molar-refractivity contribution < 1.29 is 19.4 Å². The largest absolute Gasteiger partial charge is 0.496 e. The van der Waals surface area contributed by atoms with Gasteiger partial charge in [0.25, 0.3) is 0 Å². The maximum absolute atomic E-state index is 12.8. The van der Waals surface area contributed by atoms with Crippen molar-refractivity contribution in [1.82, 2.24) is 10.6 Å². The van der Waals surface area contributed by atoms with Gasteiger partial charge in [-0.15, -0.1) is 0 Å². The first kappa shape index (κ1) is 20.2. The van der Waals surface area contributed by atoms with E-state index in [2.05, 4.69) is 17.6 Å². The Morgan fingerprint density at radius 3 is 2.77 bits per heavy atom. The number of methoxy groups -OCH3 is 1. The summed E-state index contributed by atoms with van der Waals surface area (Å²) in [6.07, 6.45) is 4.87. The molecule has 1 amide bonds. The molecule has 3 atom stereocenters. The van der Waals surface area contributed by atoms with E-state index >= 15 is 0 Å². The zero-order valence-electron chi connectivity index (χ0n) is 15.7. The molecule has 0 aromatic heterocycles. The van der Waals surface area contributed by atoms with Gasteiger partial charge in [-0.2, -0.15) is 0 Å². The van der Waals surface area contributed by atoms with E-state index in [1.54, 1.807) is 7.11 Å². The number of carboxylic acids is 1. The number of amides is 1. The summed E-state index contributed by atoms with van der Waals surface area (Å²) in [7, 11) is 1.63. The minimum Gasteiger partial charge on any atom is -0.496 e. The topological polar surface area (TPSA) is 87.7 Å². The maximum Gasteiger partial charge on any atom is 0.308 e. The standard InChI is InChI=1S/C20H30N2O4/c1-3-4-10-17(21-13-14-8-5-6-12-18(14)26-2)19(23)22-16-11-7-9-15(16)20(24)25/h5-6,8,12,15-17,21H,3-4,7,9-11,13H2,1-2H3,(H,22,23)(H,24,25)/t15-,16+,17+/m1/s1. The molecule has 1 aromatic carbocycles. The quantitative estimate of drug-likeness (QED) is 0.596. The van der Waals surface area contributed by atoms with Gasteiger partial charge in [-0.3, -0.25) is 9.59 Å². The molecule has 0 bridgehead atoms. The molecular weight excluding hydrogens is 332 g/mol. The van der Waals surface area contributed by atoms with Crippen molar-refractivity contribution in [2.45, 2.75) is 64.1 Å². The summed E-state index contributed by atoms with van der Waals surface area (Å²) < 4.78 is 5.36. The number of rotatable bonds is 10. The third-order valence-corrected chi connectivity index (χ3v) is 5.06. The van der Waals surface area contributed by atoms with Gasteiger partial charge >= 0.3 is 5.97 Å². The third-order valence-electron chi connectivity index (χ3n) is 5.06. The van der Waals surface area contributed by atoms with E-state index in [0.29, 0.717) is 13.0 Å². The van der Waals surface area contributed by atoms with Crippen LogP contribution in [-0.2, 0) is 16.1 Å². The van der Waals surface area contributed by atoms with Gasteiger partial charge in [0.15, 0.2) is 0 Å². The van der Waals surface area contributed by atoms with Crippen molar-refractivity contribution in [3.05, 3.63) is 29.8 Å². The molecule has 1 aliphatic rings. The SMILES string of the molecule is CCCC[C@H](NCc1ccccc1OC)C(=O)N[C@H]1CCC[C@H]1C(=O)O. The minimum absolute atomic E-state index is 0.105. The van der Waals surface area contributed by atoms with Crippen LogP contribution in [0.3, 0.4) is 0 Å². The summed E-state index contributed by atoms with van der Waals surface area (Å²) >= 11 is 0. The van der Waals surface area contributed by atoms with Gasteiger partial charge < -0.3 is 20.5 Å². The van der Waals surface area contributed by atoms with Gasteiger partial charge in [-0.1, -0.05) is 44.4 Å². The zero-order valence-corrected chi connectivity index (χ0v) is 15.7. The van der Waals surface area contributed by atoms with Crippen LogP contribution in [0, 0.1) is 5.92 Å². The summed E-state index contributed by atoms with van der Waals surface area (Å²) in [6, 6.07) is 7.12. The molecule has 0 spiro atoms. The summed E-state index contributed by atoms with van der Waals surface area (Å²) in [5.41, 5.74) is 0.994. The van der Waals surface area contributed by atoms with Crippen LogP contribution in [0.4, 0.5) is 0 Å². The number of ether oxygens (including phenoxy) is 1. The number of carbonyl (C=O) groups is 2. The molecule has 1 aromatic rings. The summed E-state index contributed by atoms with van der Waals surface area (Å²) in [6.45, 7) is 2.62. The molecule has 0 radical (unpaired) electrons. The van der Waals surface area contributed by atoms with E-state index in [4.69, 9.17) is 4.74 Å². The number of nitrogens with one attached hydrogen (secondary N) is 2. The van der Waals surface area contributed by atoms with Crippen LogP contribution < -0.4 is 15.4 Å². The minimum atomic E-state index is -0.820. The Morgan fingerprint density at radius 1 is 1.31 bits per heavy atom. The van der Waals surface area contributed by atoms with Gasteiger partial charge in [0, 0.05) is 18.2 Å². The smallest absolute Gasteiger partial charge is 0.308 e. The molecule has 0 aliphatic heterocycles. The average Bonchev–Trinajstić information content (AvgIpc) is 3.10. The molecule has 2 rings (SSSR count).